The highest BCUT2D eigenvalue weighted by Crippen LogP contribution is 2.27. The summed E-state index contributed by atoms with van der Waals surface area (Å²) in [5, 5.41) is 0. The predicted molar refractivity (Wildman–Crippen MR) is 49.6 cm³/mol. The summed E-state index contributed by atoms with van der Waals surface area (Å²) in [6.45, 7) is 0. The molecule has 0 aliphatic heterocycles. The summed E-state index contributed by atoms with van der Waals surface area (Å²) in [5.74, 6) is 1.59. The number of para-hydroxylation sites is 1. The highest BCUT2D eigenvalue weighted by molar-refractivity contribution is 5.45. The summed E-state index contributed by atoms with van der Waals surface area (Å²) >= 11 is 0. The van der Waals surface area contributed by atoms with Crippen LogP contribution in [0.2, 0.25) is 0 Å². The molecule has 0 saturated heterocycles. The molecule has 0 amide bonds. The molecule has 1 aromatic carbocycles. The largest absolute Gasteiger partial charge is 0.452 e. The number of furan rings is 1. The zero-order chi connectivity index (χ0) is 9.10. The van der Waals surface area contributed by atoms with Crippen LogP contribution in [0.5, 0.6) is 11.5 Å². The Morgan fingerprint density at radius 2 is 1.85 bits per heavy atom. The highest BCUT2D eigenvalue weighted by Gasteiger charge is 2.03. The fourth-order valence-electron chi connectivity index (χ4n) is 1.01. The number of benzene rings is 1. The van der Waals surface area contributed by atoms with E-state index in [0.717, 1.165) is 5.75 Å². The SMILES string of the molecule is Nc1occc1Oc1ccccc1. The Kier molecular flexibility index (Phi) is 1.92. The zero-order valence-electron chi connectivity index (χ0n) is 6.94. The van der Waals surface area contributed by atoms with E-state index in [4.69, 9.17) is 14.9 Å². The van der Waals surface area contributed by atoms with Crippen LogP contribution in [0, 0.1) is 0 Å². The van der Waals surface area contributed by atoms with E-state index in [1.54, 1.807) is 6.07 Å². The second kappa shape index (κ2) is 3.23. The second-order valence-electron chi connectivity index (χ2n) is 2.56. The Morgan fingerprint density at radius 3 is 2.46 bits per heavy atom. The van der Waals surface area contributed by atoms with E-state index in [1.807, 2.05) is 30.3 Å². The summed E-state index contributed by atoms with van der Waals surface area (Å²) < 4.78 is 10.3. The van der Waals surface area contributed by atoms with Crippen molar-refractivity contribution in [2.24, 2.45) is 0 Å². The van der Waals surface area contributed by atoms with Crippen molar-refractivity contribution < 1.29 is 9.15 Å². The lowest BCUT2D eigenvalue weighted by molar-refractivity contribution is 0.474. The van der Waals surface area contributed by atoms with Gasteiger partial charge in [0.1, 0.15) is 5.75 Å². The monoisotopic (exact) mass is 175 g/mol. The molecule has 2 N–H and O–H groups in total. The molecule has 0 spiro atoms. The van der Waals surface area contributed by atoms with Crippen LogP contribution in [0.15, 0.2) is 47.1 Å². The first kappa shape index (κ1) is 7.73. The van der Waals surface area contributed by atoms with Crippen molar-refractivity contribution in [1.82, 2.24) is 0 Å². The van der Waals surface area contributed by atoms with Crippen LogP contribution in [0.1, 0.15) is 0 Å². The van der Waals surface area contributed by atoms with Gasteiger partial charge in [0.05, 0.1) is 6.26 Å². The van der Waals surface area contributed by atoms with Crippen LogP contribution >= 0.6 is 0 Å². The minimum absolute atomic E-state index is 0.295. The number of hydrogen-bond acceptors (Lipinski definition) is 3. The zero-order valence-corrected chi connectivity index (χ0v) is 6.94. The first-order chi connectivity index (χ1) is 6.36. The number of rotatable bonds is 2. The third-order valence-corrected chi connectivity index (χ3v) is 1.63. The van der Waals surface area contributed by atoms with Crippen LogP contribution in [0.3, 0.4) is 0 Å². The topological polar surface area (TPSA) is 48.4 Å². The molecule has 1 heterocycles. The van der Waals surface area contributed by atoms with E-state index < -0.39 is 0 Å². The molecule has 3 heteroatoms. The van der Waals surface area contributed by atoms with Gasteiger partial charge in [-0.05, 0) is 12.1 Å². The van der Waals surface area contributed by atoms with E-state index in [-0.39, 0.29) is 0 Å². The number of hydrogen-bond donors (Lipinski definition) is 1. The summed E-state index contributed by atoms with van der Waals surface area (Å²) in [6.07, 6.45) is 1.49. The van der Waals surface area contributed by atoms with Crippen molar-refractivity contribution in [2.75, 3.05) is 5.73 Å². The van der Waals surface area contributed by atoms with Gasteiger partial charge in [-0.25, -0.2) is 0 Å². The fourth-order valence-corrected chi connectivity index (χ4v) is 1.01. The van der Waals surface area contributed by atoms with Crippen LogP contribution < -0.4 is 10.5 Å². The first-order valence-corrected chi connectivity index (χ1v) is 3.92. The lowest BCUT2D eigenvalue weighted by Gasteiger charge is -2.01. The molecule has 0 atom stereocenters. The lowest BCUT2D eigenvalue weighted by Crippen LogP contribution is -1.87. The molecular formula is C10H9NO2. The molecule has 0 aliphatic rings. The van der Waals surface area contributed by atoms with Gasteiger partial charge >= 0.3 is 0 Å². The molecule has 3 nitrogen and oxygen atoms in total. The van der Waals surface area contributed by atoms with Gasteiger partial charge < -0.3 is 14.9 Å². The van der Waals surface area contributed by atoms with Crippen molar-refractivity contribution in [2.45, 2.75) is 0 Å². The summed E-state index contributed by atoms with van der Waals surface area (Å²) in [4.78, 5) is 0. The maximum absolute atomic E-state index is 5.50. The van der Waals surface area contributed by atoms with Crippen molar-refractivity contribution in [3.8, 4) is 11.5 Å². The number of anilines is 1. The average Bonchev–Trinajstić information content (AvgIpc) is 2.54. The van der Waals surface area contributed by atoms with Gasteiger partial charge in [-0.1, -0.05) is 18.2 Å². The molecular weight excluding hydrogens is 166 g/mol. The summed E-state index contributed by atoms with van der Waals surface area (Å²) in [5.41, 5.74) is 5.50. The predicted octanol–water partition coefficient (Wildman–Crippen LogP) is 2.65. The van der Waals surface area contributed by atoms with Gasteiger partial charge in [0.15, 0.2) is 5.75 Å². The maximum Gasteiger partial charge on any atom is 0.233 e. The normalized spacial score (nSPS) is 9.85. The number of ether oxygens (including phenoxy) is 1. The molecule has 66 valence electrons. The summed E-state index contributed by atoms with van der Waals surface area (Å²) in [7, 11) is 0. The minimum atomic E-state index is 0.295. The standard InChI is InChI=1S/C10H9NO2/c11-10-9(6-7-12-10)13-8-4-2-1-3-5-8/h1-7H,11H2. The quantitative estimate of drug-likeness (QED) is 0.763. The van der Waals surface area contributed by atoms with Gasteiger partial charge in [0.2, 0.25) is 5.88 Å². The van der Waals surface area contributed by atoms with Gasteiger partial charge in [-0.3, -0.25) is 0 Å². The minimum Gasteiger partial charge on any atom is -0.452 e. The Bertz CT molecular complexity index is 381. The average molecular weight is 175 g/mol. The Labute approximate surface area is 75.7 Å². The van der Waals surface area contributed by atoms with E-state index in [1.165, 1.54) is 6.26 Å². The third-order valence-electron chi connectivity index (χ3n) is 1.63. The van der Waals surface area contributed by atoms with E-state index in [2.05, 4.69) is 0 Å². The molecule has 0 bridgehead atoms. The van der Waals surface area contributed by atoms with Gasteiger partial charge in [-0.15, -0.1) is 0 Å². The fraction of sp³-hybridized carbons (Fsp3) is 0. The molecule has 0 unspecified atom stereocenters. The van der Waals surface area contributed by atoms with E-state index >= 15 is 0 Å². The van der Waals surface area contributed by atoms with Crippen LogP contribution in [0.25, 0.3) is 0 Å². The summed E-state index contributed by atoms with van der Waals surface area (Å²) in [6, 6.07) is 11.1. The molecule has 1 aromatic heterocycles. The molecule has 2 rings (SSSR count). The molecule has 0 saturated carbocycles. The van der Waals surface area contributed by atoms with Gasteiger partial charge in [0, 0.05) is 6.07 Å². The van der Waals surface area contributed by atoms with E-state index in [9.17, 15) is 0 Å². The highest BCUT2D eigenvalue weighted by atomic mass is 16.5. The molecule has 13 heavy (non-hydrogen) atoms. The lowest BCUT2D eigenvalue weighted by atomic mass is 10.3. The maximum atomic E-state index is 5.50. The van der Waals surface area contributed by atoms with Gasteiger partial charge in [0.25, 0.3) is 0 Å². The molecule has 0 radical (unpaired) electrons. The van der Waals surface area contributed by atoms with Crippen molar-refractivity contribution in [3.63, 3.8) is 0 Å². The molecule has 0 aliphatic carbocycles. The Hall–Kier alpha value is -1.90. The Balaban J connectivity index is 2.20. The van der Waals surface area contributed by atoms with Crippen LogP contribution in [0.4, 0.5) is 5.88 Å². The smallest absolute Gasteiger partial charge is 0.233 e. The van der Waals surface area contributed by atoms with Crippen LogP contribution in [-0.4, -0.2) is 0 Å². The third kappa shape index (κ3) is 1.64. The van der Waals surface area contributed by atoms with Crippen molar-refractivity contribution >= 4 is 5.88 Å². The first-order valence-electron chi connectivity index (χ1n) is 3.92. The number of nitrogens with two attached hydrogens (primary N) is 1. The molecule has 2 aromatic rings. The number of nitrogen functional groups attached to an aromatic ring is 1. The van der Waals surface area contributed by atoms with Crippen molar-refractivity contribution in [3.05, 3.63) is 42.7 Å². The van der Waals surface area contributed by atoms with Crippen LogP contribution in [-0.2, 0) is 0 Å². The second-order valence-corrected chi connectivity index (χ2v) is 2.56. The molecule has 0 fully saturated rings. The Morgan fingerprint density at radius 1 is 1.08 bits per heavy atom. The van der Waals surface area contributed by atoms with E-state index in [0.29, 0.717) is 11.6 Å². The van der Waals surface area contributed by atoms with Gasteiger partial charge in [-0.2, -0.15) is 0 Å². The van der Waals surface area contributed by atoms with Crippen molar-refractivity contribution in [1.29, 1.82) is 0 Å².